The molecule has 0 bridgehead atoms. The molecular formula is C21H28N4O5S2. The number of nitrogens with two attached hydrogens (primary N) is 1. The number of ether oxygens (including phenoxy) is 1. The van der Waals surface area contributed by atoms with Gasteiger partial charge in [-0.2, -0.15) is 8.42 Å². The summed E-state index contributed by atoms with van der Waals surface area (Å²) in [6.07, 6.45) is 8.39. The zero-order valence-corrected chi connectivity index (χ0v) is 19.4. The van der Waals surface area contributed by atoms with Gasteiger partial charge < -0.3 is 10.1 Å². The molecule has 3 N–H and O–H groups in total. The van der Waals surface area contributed by atoms with Gasteiger partial charge in [-0.15, -0.1) is 11.3 Å². The molecule has 0 aromatic carbocycles. The van der Waals surface area contributed by atoms with Crippen LogP contribution in [0.2, 0.25) is 0 Å². The topological polar surface area (TPSA) is 134 Å². The van der Waals surface area contributed by atoms with Crippen molar-refractivity contribution in [1.82, 2.24) is 9.97 Å². The summed E-state index contributed by atoms with van der Waals surface area (Å²) >= 11 is 1.45. The Morgan fingerprint density at radius 3 is 2.84 bits per heavy atom. The summed E-state index contributed by atoms with van der Waals surface area (Å²) in [5.74, 6) is 1.09. The third-order valence-corrected chi connectivity index (χ3v) is 7.49. The third kappa shape index (κ3) is 6.32. The highest BCUT2D eigenvalue weighted by molar-refractivity contribution is 7.84. The van der Waals surface area contributed by atoms with Gasteiger partial charge in [-0.05, 0) is 67.4 Å². The molecule has 32 heavy (non-hydrogen) atoms. The second kappa shape index (κ2) is 10.3. The molecule has 0 amide bonds. The van der Waals surface area contributed by atoms with Gasteiger partial charge in [-0.1, -0.05) is 0 Å². The van der Waals surface area contributed by atoms with E-state index in [4.69, 9.17) is 14.1 Å². The monoisotopic (exact) mass is 480 g/mol. The van der Waals surface area contributed by atoms with Gasteiger partial charge in [0.15, 0.2) is 0 Å². The molecule has 0 spiro atoms. The van der Waals surface area contributed by atoms with Gasteiger partial charge in [-0.25, -0.2) is 15.1 Å². The SMILES string of the molecule is NS(=O)(=O)OC[C@@H]1CC[C@H](Nc2ncncc2C(=O)c2cc(CC3CCOCC3)cs2)C1. The van der Waals surface area contributed by atoms with Crippen molar-refractivity contribution in [2.45, 2.75) is 44.6 Å². The Bertz CT molecular complexity index is 1040. The van der Waals surface area contributed by atoms with Crippen molar-refractivity contribution in [3.63, 3.8) is 0 Å². The first-order chi connectivity index (χ1) is 15.4. The lowest BCUT2D eigenvalue weighted by molar-refractivity contribution is 0.0665. The second-order valence-corrected chi connectivity index (χ2v) is 10.6. The minimum atomic E-state index is -3.93. The Kier molecular flexibility index (Phi) is 7.51. The van der Waals surface area contributed by atoms with Crippen molar-refractivity contribution in [1.29, 1.82) is 0 Å². The van der Waals surface area contributed by atoms with Crippen molar-refractivity contribution in [3.05, 3.63) is 40.0 Å². The van der Waals surface area contributed by atoms with E-state index in [1.807, 2.05) is 6.07 Å². The Labute approximate surface area is 192 Å². The average Bonchev–Trinajstić information content (AvgIpc) is 3.42. The molecule has 4 rings (SSSR count). The predicted octanol–water partition coefficient (Wildman–Crippen LogP) is 2.54. The van der Waals surface area contributed by atoms with Crippen molar-refractivity contribution in [2.24, 2.45) is 17.0 Å². The van der Waals surface area contributed by atoms with Crippen LogP contribution in [0.15, 0.2) is 24.0 Å². The molecule has 1 saturated carbocycles. The Balaban J connectivity index is 1.38. The van der Waals surface area contributed by atoms with Crippen molar-refractivity contribution in [3.8, 4) is 0 Å². The summed E-state index contributed by atoms with van der Waals surface area (Å²) in [5.41, 5.74) is 1.63. The lowest BCUT2D eigenvalue weighted by Gasteiger charge is -2.21. The average molecular weight is 481 g/mol. The number of carbonyl (C=O) groups is 1. The number of ketones is 1. The van der Waals surface area contributed by atoms with Crippen LogP contribution >= 0.6 is 11.3 Å². The lowest BCUT2D eigenvalue weighted by Crippen LogP contribution is -2.22. The van der Waals surface area contributed by atoms with Crippen LogP contribution in [0.3, 0.4) is 0 Å². The molecule has 11 heteroatoms. The molecule has 0 radical (unpaired) electrons. The highest BCUT2D eigenvalue weighted by Crippen LogP contribution is 2.30. The van der Waals surface area contributed by atoms with Crippen LogP contribution in [0.25, 0.3) is 0 Å². The van der Waals surface area contributed by atoms with Gasteiger partial charge in [0.1, 0.15) is 12.1 Å². The second-order valence-electron chi connectivity index (χ2n) is 8.49. The number of hydrogen-bond acceptors (Lipinski definition) is 9. The molecule has 2 aromatic heterocycles. The maximum absolute atomic E-state index is 13.2. The van der Waals surface area contributed by atoms with Crippen molar-refractivity contribution >= 4 is 33.2 Å². The number of aromatic nitrogens is 2. The van der Waals surface area contributed by atoms with E-state index < -0.39 is 10.3 Å². The first-order valence-corrected chi connectivity index (χ1v) is 13.2. The summed E-state index contributed by atoms with van der Waals surface area (Å²) in [5, 5.41) is 10.3. The standard InChI is InChI=1S/C21H28N4O5S2/c22-32(27,28)30-11-15-1-2-17(8-15)25-21-18(10-23-13-24-21)20(26)19-9-16(12-31-19)7-14-3-5-29-6-4-14/h9-10,12-15,17H,1-8,11H2,(H2,22,27,28)(H,23,24,25)/t15-,17+/m1/s1. The van der Waals surface area contributed by atoms with Crippen LogP contribution in [0.5, 0.6) is 0 Å². The minimum absolute atomic E-state index is 0.0671. The molecule has 2 aromatic rings. The van der Waals surface area contributed by atoms with Crippen LogP contribution in [-0.2, 0) is 25.6 Å². The number of anilines is 1. The Morgan fingerprint density at radius 1 is 1.25 bits per heavy atom. The Morgan fingerprint density at radius 2 is 2.06 bits per heavy atom. The number of hydrogen-bond donors (Lipinski definition) is 2. The lowest BCUT2D eigenvalue weighted by atomic mass is 9.93. The van der Waals surface area contributed by atoms with Crippen LogP contribution in [0.4, 0.5) is 5.82 Å². The molecular weight excluding hydrogens is 452 g/mol. The number of carbonyl (C=O) groups excluding carboxylic acids is 1. The maximum Gasteiger partial charge on any atom is 0.333 e. The first kappa shape index (κ1) is 23.2. The van der Waals surface area contributed by atoms with E-state index in [2.05, 4.69) is 20.7 Å². The van der Waals surface area contributed by atoms with Crippen LogP contribution in [-0.4, -0.2) is 50.0 Å². The van der Waals surface area contributed by atoms with Gasteiger partial charge in [-0.3, -0.25) is 8.98 Å². The highest BCUT2D eigenvalue weighted by atomic mass is 32.2. The highest BCUT2D eigenvalue weighted by Gasteiger charge is 2.28. The van der Waals surface area contributed by atoms with Gasteiger partial charge >= 0.3 is 10.3 Å². The molecule has 2 aliphatic rings. The Hall–Kier alpha value is -1.92. The van der Waals surface area contributed by atoms with Gasteiger partial charge in [0, 0.05) is 25.5 Å². The summed E-state index contributed by atoms with van der Waals surface area (Å²) in [6, 6.07) is 2.05. The first-order valence-electron chi connectivity index (χ1n) is 10.8. The van der Waals surface area contributed by atoms with Gasteiger partial charge in [0.05, 0.1) is 17.0 Å². The normalized spacial score (nSPS) is 22.2. The molecule has 2 fully saturated rings. The van der Waals surface area contributed by atoms with E-state index in [9.17, 15) is 13.2 Å². The van der Waals surface area contributed by atoms with Crippen LogP contribution in [0.1, 0.15) is 52.9 Å². The fraction of sp³-hybridized carbons (Fsp3) is 0.571. The number of rotatable bonds is 9. The van der Waals surface area contributed by atoms with E-state index in [0.29, 0.717) is 28.6 Å². The van der Waals surface area contributed by atoms with Crippen LogP contribution in [0, 0.1) is 11.8 Å². The van der Waals surface area contributed by atoms with E-state index in [1.165, 1.54) is 23.2 Å². The fourth-order valence-corrected chi connectivity index (χ4v) is 5.63. The number of nitrogens with one attached hydrogen (secondary N) is 1. The molecule has 3 heterocycles. The van der Waals surface area contributed by atoms with Gasteiger partial charge in [0.2, 0.25) is 5.78 Å². The molecule has 174 valence electrons. The quantitative estimate of drug-likeness (QED) is 0.523. The summed E-state index contributed by atoms with van der Waals surface area (Å²) < 4.78 is 32.2. The van der Waals surface area contributed by atoms with E-state index in [0.717, 1.165) is 45.3 Å². The fourth-order valence-electron chi connectivity index (χ4n) is 4.37. The van der Waals surface area contributed by atoms with E-state index in [1.54, 1.807) is 6.20 Å². The molecule has 0 unspecified atom stereocenters. The minimum Gasteiger partial charge on any atom is -0.381 e. The predicted molar refractivity (Wildman–Crippen MR) is 121 cm³/mol. The number of thiophene rings is 1. The zero-order valence-electron chi connectivity index (χ0n) is 17.7. The third-order valence-electron chi connectivity index (χ3n) is 6.05. The van der Waals surface area contributed by atoms with Crippen molar-refractivity contribution in [2.75, 3.05) is 25.1 Å². The summed E-state index contributed by atoms with van der Waals surface area (Å²) in [6.45, 7) is 1.69. The molecule has 1 aliphatic heterocycles. The van der Waals surface area contributed by atoms with Crippen molar-refractivity contribution < 1.29 is 22.1 Å². The molecule has 9 nitrogen and oxygen atoms in total. The number of nitrogens with zero attached hydrogens (tertiary/aromatic N) is 2. The largest absolute Gasteiger partial charge is 0.381 e. The zero-order chi connectivity index (χ0) is 22.6. The van der Waals surface area contributed by atoms with E-state index in [-0.39, 0.29) is 24.3 Å². The molecule has 2 atom stereocenters. The maximum atomic E-state index is 13.2. The smallest absolute Gasteiger partial charge is 0.333 e. The summed E-state index contributed by atoms with van der Waals surface area (Å²) in [4.78, 5) is 22.2. The molecule has 1 saturated heterocycles. The van der Waals surface area contributed by atoms with E-state index >= 15 is 0 Å². The summed E-state index contributed by atoms with van der Waals surface area (Å²) in [7, 11) is -3.93. The molecule has 1 aliphatic carbocycles. The van der Waals surface area contributed by atoms with Gasteiger partial charge in [0.25, 0.3) is 0 Å². The van der Waals surface area contributed by atoms with Crippen LogP contribution < -0.4 is 10.5 Å².